The van der Waals surface area contributed by atoms with Crippen LogP contribution >= 0.6 is 11.8 Å². The predicted molar refractivity (Wildman–Crippen MR) is 77.5 cm³/mol. The van der Waals surface area contributed by atoms with Gasteiger partial charge in [-0.1, -0.05) is 12.1 Å². The molecule has 1 aromatic rings. The van der Waals surface area contributed by atoms with Crippen molar-refractivity contribution in [3.8, 4) is 5.75 Å². The Balaban J connectivity index is 1.76. The van der Waals surface area contributed by atoms with E-state index in [1.54, 1.807) is 22.7 Å². The number of ether oxygens (including phenoxy) is 1. The SMILES string of the molecule is Cc1cccc(OC(=O)C2CSC3(C)CCC(=O)N23)c1. The molecule has 0 spiro atoms. The summed E-state index contributed by atoms with van der Waals surface area (Å²) in [6, 6.07) is 6.93. The molecule has 2 fully saturated rings. The van der Waals surface area contributed by atoms with Crippen LogP contribution in [0.4, 0.5) is 0 Å². The molecule has 0 saturated carbocycles. The summed E-state index contributed by atoms with van der Waals surface area (Å²) < 4.78 is 5.43. The molecule has 0 aliphatic carbocycles. The Morgan fingerprint density at radius 3 is 3.05 bits per heavy atom. The third-order valence-electron chi connectivity index (χ3n) is 3.92. The van der Waals surface area contributed by atoms with Gasteiger partial charge in [0, 0.05) is 12.2 Å². The fourth-order valence-corrected chi connectivity index (χ4v) is 4.27. The molecule has 2 heterocycles. The minimum atomic E-state index is -0.458. The van der Waals surface area contributed by atoms with Crippen LogP contribution in [0.3, 0.4) is 0 Å². The number of carbonyl (C=O) groups excluding carboxylic acids is 2. The summed E-state index contributed by atoms with van der Waals surface area (Å²) in [7, 11) is 0. The van der Waals surface area contributed by atoms with Crippen LogP contribution in [0.5, 0.6) is 5.75 Å². The molecule has 0 N–H and O–H groups in total. The van der Waals surface area contributed by atoms with Crippen molar-refractivity contribution in [3.05, 3.63) is 29.8 Å². The molecule has 20 heavy (non-hydrogen) atoms. The Labute approximate surface area is 122 Å². The van der Waals surface area contributed by atoms with E-state index >= 15 is 0 Å². The lowest BCUT2D eigenvalue weighted by molar-refractivity contribution is -0.146. The summed E-state index contributed by atoms with van der Waals surface area (Å²) in [6.07, 6.45) is 1.34. The Bertz CT molecular complexity index is 574. The second kappa shape index (κ2) is 4.81. The lowest BCUT2D eigenvalue weighted by Gasteiger charge is -2.29. The molecule has 2 saturated heterocycles. The van der Waals surface area contributed by atoms with Gasteiger partial charge in [-0.25, -0.2) is 4.79 Å². The van der Waals surface area contributed by atoms with E-state index in [0.717, 1.165) is 12.0 Å². The van der Waals surface area contributed by atoms with Crippen molar-refractivity contribution in [1.29, 1.82) is 0 Å². The van der Waals surface area contributed by atoms with Gasteiger partial charge < -0.3 is 9.64 Å². The molecule has 2 atom stereocenters. The number of nitrogens with zero attached hydrogens (tertiary/aromatic N) is 1. The monoisotopic (exact) mass is 291 g/mol. The van der Waals surface area contributed by atoms with Crippen LogP contribution in [0.2, 0.25) is 0 Å². The van der Waals surface area contributed by atoms with E-state index in [4.69, 9.17) is 4.74 Å². The summed E-state index contributed by atoms with van der Waals surface area (Å²) >= 11 is 1.67. The van der Waals surface area contributed by atoms with Crippen LogP contribution in [0.25, 0.3) is 0 Å². The second-order valence-electron chi connectivity index (χ2n) is 5.50. The number of amides is 1. The highest BCUT2D eigenvalue weighted by Crippen LogP contribution is 2.47. The van der Waals surface area contributed by atoms with Gasteiger partial charge in [0.1, 0.15) is 11.8 Å². The maximum atomic E-state index is 12.3. The molecule has 1 aromatic carbocycles. The second-order valence-corrected chi connectivity index (χ2v) is 7.00. The molecule has 3 rings (SSSR count). The lowest BCUT2D eigenvalue weighted by Crippen LogP contribution is -2.47. The Hall–Kier alpha value is -1.49. The predicted octanol–water partition coefficient (Wildman–Crippen LogP) is 2.35. The maximum Gasteiger partial charge on any atom is 0.335 e. The summed E-state index contributed by atoms with van der Waals surface area (Å²) in [5.41, 5.74) is 1.04. The van der Waals surface area contributed by atoms with Gasteiger partial charge in [0.05, 0.1) is 4.87 Å². The molecular weight excluding hydrogens is 274 g/mol. The molecule has 0 radical (unpaired) electrons. The number of rotatable bonds is 2. The number of hydrogen-bond acceptors (Lipinski definition) is 4. The summed E-state index contributed by atoms with van der Waals surface area (Å²) in [5, 5.41) is 0. The fourth-order valence-electron chi connectivity index (χ4n) is 2.86. The van der Waals surface area contributed by atoms with Gasteiger partial charge in [-0.2, -0.15) is 0 Å². The fraction of sp³-hybridized carbons (Fsp3) is 0.467. The standard InChI is InChI=1S/C15H17NO3S/c1-10-4-3-5-11(8-10)19-14(18)12-9-20-15(2)7-6-13(17)16(12)15/h3-5,8,12H,6-7,9H2,1-2H3. The van der Waals surface area contributed by atoms with Crippen LogP contribution in [0, 0.1) is 6.92 Å². The summed E-state index contributed by atoms with van der Waals surface area (Å²) in [5.74, 6) is 0.887. The minimum absolute atomic E-state index is 0.0590. The average Bonchev–Trinajstić information content (AvgIpc) is 2.87. The number of fused-ring (bicyclic) bond motifs is 1. The van der Waals surface area contributed by atoms with Gasteiger partial charge in [-0.3, -0.25) is 4.79 Å². The van der Waals surface area contributed by atoms with Crippen molar-refractivity contribution in [2.24, 2.45) is 0 Å². The molecular formula is C15H17NO3S. The first-order valence-electron chi connectivity index (χ1n) is 6.74. The summed E-state index contributed by atoms with van der Waals surface area (Å²) in [6.45, 7) is 3.98. The quantitative estimate of drug-likeness (QED) is 0.620. The number of hydrogen-bond donors (Lipinski definition) is 0. The third-order valence-corrected chi connectivity index (χ3v) is 5.43. The molecule has 5 heteroatoms. The van der Waals surface area contributed by atoms with E-state index in [9.17, 15) is 9.59 Å². The van der Waals surface area contributed by atoms with E-state index in [-0.39, 0.29) is 16.7 Å². The number of benzene rings is 1. The maximum absolute atomic E-state index is 12.3. The average molecular weight is 291 g/mol. The highest BCUT2D eigenvalue weighted by Gasteiger charge is 2.53. The van der Waals surface area contributed by atoms with Crippen molar-refractivity contribution in [2.45, 2.75) is 37.6 Å². The molecule has 2 unspecified atom stereocenters. The van der Waals surface area contributed by atoms with E-state index in [2.05, 4.69) is 0 Å². The number of thioether (sulfide) groups is 1. The first-order chi connectivity index (χ1) is 9.49. The lowest BCUT2D eigenvalue weighted by atomic mass is 10.2. The molecule has 4 nitrogen and oxygen atoms in total. The van der Waals surface area contributed by atoms with Crippen LogP contribution in [-0.2, 0) is 9.59 Å². The van der Waals surface area contributed by atoms with Crippen molar-refractivity contribution in [3.63, 3.8) is 0 Å². The third kappa shape index (κ3) is 2.20. The van der Waals surface area contributed by atoms with Crippen LogP contribution < -0.4 is 4.74 Å². The van der Waals surface area contributed by atoms with Gasteiger partial charge in [-0.15, -0.1) is 11.8 Å². The van der Waals surface area contributed by atoms with Gasteiger partial charge in [0.15, 0.2) is 0 Å². The van der Waals surface area contributed by atoms with E-state index in [0.29, 0.717) is 17.9 Å². The number of aryl methyl sites for hydroxylation is 1. The largest absolute Gasteiger partial charge is 0.425 e. The molecule has 106 valence electrons. The number of esters is 1. The Kier molecular flexibility index (Phi) is 3.24. The zero-order valence-electron chi connectivity index (χ0n) is 11.6. The van der Waals surface area contributed by atoms with E-state index < -0.39 is 6.04 Å². The first kappa shape index (κ1) is 13.5. The number of carbonyl (C=O) groups is 2. The normalized spacial score (nSPS) is 28.6. The molecule has 2 aliphatic rings. The minimum Gasteiger partial charge on any atom is -0.425 e. The van der Waals surface area contributed by atoms with E-state index in [1.165, 1.54) is 0 Å². The van der Waals surface area contributed by atoms with E-state index in [1.807, 2.05) is 32.0 Å². The van der Waals surface area contributed by atoms with Gasteiger partial charge in [-0.05, 0) is 38.0 Å². The van der Waals surface area contributed by atoms with Crippen molar-refractivity contribution in [1.82, 2.24) is 4.90 Å². The highest BCUT2D eigenvalue weighted by molar-refractivity contribution is 8.01. The molecule has 0 bridgehead atoms. The Morgan fingerprint density at radius 2 is 2.30 bits per heavy atom. The van der Waals surface area contributed by atoms with Crippen LogP contribution in [-0.4, -0.2) is 33.4 Å². The van der Waals surface area contributed by atoms with Gasteiger partial charge in [0.25, 0.3) is 0 Å². The topological polar surface area (TPSA) is 46.6 Å². The van der Waals surface area contributed by atoms with Crippen LogP contribution in [0.1, 0.15) is 25.3 Å². The Morgan fingerprint density at radius 1 is 1.50 bits per heavy atom. The van der Waals surface area contributed by atoms with Crippen molar-refractivity contribution in [2.75, 3.05) is 5.75 Å². The van der Waals surface area contributed by atoms with Crippen molar-refractivity contribution < 1.29 is 14.3 Å². The van der Waals surface area contributed by atoms with Crippen LogP contribution in [0.15, 0.2) is 24.3 Å². The molecule has 1 amide bonds. The smallest absolute Gasteiger partial charge is 0.335 e. The zero-order valence-corrected chi connectivity index (χ0v) is 12.4. The van der Waals surface area contributed by atoms with Crippen molar-refractivity contribution >= 4 is 23.6 Å². The molecule has 2 aliphatic heterocycles. The summed E-state index contributed by atoms with van der Waals surface area (Å²) in [4.78, 5) is 25.8. The van der Waals surface area contributed by atoms with Gasteiger partial charge >= 0.3 is 5.97 Å². The first-order valence-corrected chi connectivity index (χ1v) is 7.73. The zero-order chi connectivity index (χ0) is 14.3. The highest BCUT2D eigenvalue weighted by atomic mass is 32.2. The molecule has 0 aromatic heterocycles. The van der Waals surface area contributed by atoms with Gasteiger partial charge in [0.2, 0.25) is 5.91 Å².